The average molecular weight is 285 g/mol. The minimum absolute atomic E-state index is 0.761. The van der Waals surface area contributed by atoms with Gasteiger partial charge < -0.3 is 9.64 Å². The van der Waals surface area contributed by atoms with E-state index >= 15 is 0 Å². The maximum Gasteiger partial charge on any atom is 0.186 e. The van der Waals surface area contributed by atoms with Crippen LogP contribution < -0.4 is 9.64 Å². The number of rotatable bonds is 4. The van der Waals surface area contributed by atoms with Crippen LogP contribution in [0.1, 0.15) is 5.56 Å². The first-order valence-corrected chi connectivity index (χ1v) is 7.13. The smallest absolute Gasteiger partial charge is 0.186 e. The third-order valence-corrected chi connectivity index (χ3v) is 4.26. The fourth-order valence-electron chi connectivity index (χ4n) is 2.09. The Kier molecular flexibility index (Phi) is 3.52. The number of hydrogen-bond donors (Lipinski definition) is 0. The second kappa shape index (κ2) is 5.46. The van der Waals surface area contributed by atoms with Crippen LogP contribution in [0.2, 0.25) is 0 Å². The maximum absolute atomic E-state index is 5.39. The van der Waals surface area contributed by atoms with Gasteiger partial charge in [0.15, 0.2) is 5.13 Å². The lowest BCUT2D eigenvalue weighted by atomic mass is 10.2. The van der Waals surface area contributed by atoms with Crippen molar-refractivity contribution < 1.29 is 4.74 Å². The molecule has 2 heterocycles. The minimum Gasteiger partial charge on any atom is -0.496 e. The zero-order chi connectivity index (χ0) is 13.9. The lowest BCUT2D eigenvalue weighted by Gasteiger charge is -2.17. The molecular formula is C15H15N3OS. The molecule has 0 radical (unpaired) electrons. The number of methoxy groups -OCH3 is 1. The normalized spacial score (nSPS) is 10.7. The first-order valence-electron chi connectivity index (χ1n) is 6.31. The van der Waals surface area contributed by atoms with Gasteiger partial charge in [0.05, 0.1) is 18.0 Å². The van der Waals surface area contributed by atoms with Crippen LogP contribution in [-0.4, -0.2) is 24.1 Å². The summed E-state index contributed by atoms with van der Waals surface area (Å²) in [5.41, 5.74) is 2.09. The van der Waals surface area contributed by atoms with Crippen molar-refractivity contribution in [2.24, 2.45) is 0 Å². The molecule has 0 aliphatic carbocycles. The Morgan fingerprint density at radius 1 is 1.25 bits per heavy atom. The van der Waals surface area contributed by atoms with E-state index < -0.39 is 0 Å². The Morgan fingerprint density at radius 2 is 2.10 bits per heavy atom. The van der Waals surface area contributed by atoms with E-state index in [0.29, 0.717) is 0 Å². The van der Waals surface area contributed by atoms with Crippen LogP contribution in [0.15, 0.2) is 42.7 Å². The summed E-state index contributed by atoms with van der Waals surface area (Å²) < 4.78 is 6.54. The van der Waals surface area contributed by atoms with Gasteiger partial charge in [-0.1, -0.05) is 29.5 Å². The Balaban J connectivity index is 1.87. The predicted molar refractivity (Wildman–Crippen MR) is 82.5 cm³/mol. The largest absolute Gasteiger partial charge is 0.496 e. The summed E-state index contributed by atoms with van der Waals surface area (Å²) in [6.45, 7) is 0.761. The number of para-hydroxylation sites is 1. The van der Waals surface area contributed by atoms with Crippen molar-refractivity contribution in [2.45, 2.75) is 6.54 Å². The number of anilines is 1. The van der Waals surface area contributed by atoms with Crippen molar-refractivity contribution >= 4 is 26.7 Å². The molecule has 3 rings (SSSR count). The summed E-state index contributed by atoms with van der Waals surface area (Å²) in [5, 5.41) is 0.985. The van der Waals surface area contributed by atoms with Crippen molar-refractivity contribution in [1.82, 2.24) is 9.97 Å². The number of aromatic nitrogens is 2. The quantitative estimate of drug-likeness (QED) is 0.737. The van der Waals surface area contributed by atoms with E-state index in [-0.39, 0.29) is 0 Å². The van der Waals surface area contributed by atoms with Gasteiger partial charge >= 0.3 is 0 Å². The molecule has 20 heavy (non-hydrogen) atoms. The van der Waals surface area contributed by atoms with Crippen molar-refractivity contribution in [3.05, 3.63) is 48.3 Å². The Morgan fingerprint density at radius 3 is 2.90 bits per heavy atom. The molecular weight excluding hydrogens is 270 g/mol. The van der Waals surface area contributed by atoms with E-state index in [1.54, 1.807) is 30.8 Å². The van der Waals surface area contributed by atoms with E-state index in [2.05, 4.69) is 20.9 Å². The van der Waals surface area contributed by atoms with Crippen molar-refractivity contribution in [3.8, 4) is 5.75 Å². The molecule has 0 N–H and O–H groups in total. The van der Waals surface area contributed by atoms with Gasteiger partial charge in [-0.3, -0.25) is 4.98 Å². The highest BCUT2D eigenvalue weighted by Crippen LogP contribution is 2.29. The van der Waals surface area contributed by atoms with Gasteiger partial charge in [-0.2, -0.15) is 0 Å². The topological polar surface area (TPSA) is 38.2 Å². The molecule has 102 valence electrons. The van der Waals surface area contributed by atoms with Gasteiger partial charge in [-0.15, -0.1) is 0 Å². The lowest BCUT2D eigenvalue weighted by Crippen LogP contribution is -2.16. The monoisotopic (exact) mass is 285 g/mol. The van der Waals surface area contributed by atoms with Crippen LogP contribution in [0.25, 0.3) is 10.2 Å². The third-order valence-electron chi connectivity index (χ3n) is 3.11. The molecule has 0 saturated heterocycles. The molecule has 0 aliphatic rings. The van der Waals surface area contributed by atoms with Crippen molar-refractivity contribution in [2.75, 3.05) is 19.1 Å². The zero-order valence-electron chi connectivity index (χ0n) is 11.4. The summed E-state index contributed by atoms with van der Waals surface area (Å²) in [6.07, 6.45) is 3.59. The van der Waals surface area contributed by atoms with Gasteiger partial charge in [-0.05, 0) is 12.1 Å². The summed E-state index contributed by atoms with van der Waals surface area (Å²) in [5.74, 6) is 0.905. The molecule has 0 saturated carbocycles. The first kappa shape index (κ1) is 12.9. The fraction of sp³-hybridized carbons (Fsp3) is 0.200. The Labute approximate surface area is 121 Å². The number of hydrogen-bond acceptors (Lipinski definition) is 5. The van der Waals surface area contributed by atoms with Crippen molar-refractivity contribution in [1.29, 1.82) is 0 Å². The first-order chi connectivity index (χ1) is 9.78. The molecule has 0 amide bonds. The summed E-state index contributed by atoms with van der Waals surface area (Å²) in [4.78, 5) is 10.8. The van der Waals surface area contributed by atoms with Crippen LogP contribution in [0.4, 0.5) is 5.13 Å². The third kappa shape index (κ3) is 2.44. The van der Waals surface area contributed by atoms with E-state index in [0.717, 1.165) is 33.2 Å². The number of nitrogens with zero attached hydrogens (tertiary/aromatic N) is 3. The number of pyridine rings is 1. The number of thiazole rings is 1. The SMILES string of the molecule is COc1ccccc1CN(C)c1nc2cnccc2s1. The molecule has 0 spiro atoms. The van der Waals surface area contributed by atoms with E-state index in [1.807, 2.05) is 31.3 Å². The lowest BCUT2D eigenvalue weighted by molar-refractivity contribution is 0.409. The second-order valence-corrected chi connectivity index (χ2v) is 5.52. The molecule has 5 heteroatoms. The number of fused-ring (bicyclic) bond motifs is 1. The average Bonchev–Trinajstić information content (AvgIpc) is 2.92. The molecule has 1 aromatic carbocycles. The van der Waals surface area contributed by atoms with Crippen molar-refractivity contribution in [3.63, 3.8) is 0 Å². The fourth-order valence-corrected chi connectivity index (χ4v) is 2.98. The van der Waals surface area contributed by atoms with Gasteiger partial charge in [0.2, 0.25) is 0 Å². The highest BCUT2D eigenvalue weighted by atomic mass is 32.1. The number of benzene rings is 1. The molecule has 0 unspecified atom stereocenters. The second-order valence-electron chi connectivity index (χ2n) is 4.51. The summed E-state index contributed by atoms with van der Waals surface area (Å²) >= 11 is 1.67. The van der Waals surface area contributed by atoms with Gasteiger partial charge in [0.25, 0.3) is 0 Å². The minimum atomic E-state index is 0.761. The number of ether oxygens (including phenoxy) is 1. The van der Waals surface area contributed by atoms with Gasteiger partial charge in [0.1, 0.15) is 11.3 Å². The highest BCUT2D eigenvalue weighted by molar-refractivity contribution is 7.22. The predicted octanol–water partition coefficient (Wildman–Crippen LogP) is 3.34. The Bertz CT molecular complexity index is 693. The molecule has 4 nitrogen and oxygen atoms in total. The summed E-state index contributed by atoms with van der Waals surface area (Å²) in [6, 6.07) is 10.0. The molecule has 0 fully saturated rings. The Hall–Kier alpha value is -2.14. The maximum atomic E-state index is 5.39. The van der Waals surface area contributed by atoms with Crippen LogP contribution in [-0.2, 0) is 6.54 Å². The summed E-state index contributed by atoms with van der Waals surface area (Å²) in [7, 11) is 3.74. The molecule has 0 bridgehead atoms. The van der Waals surface area contributed by atoms with Crippen LogP contribution in [0, 0.1) is 0 Å². The molecule has 3 aromatic rings. The van der Waals surface area contributed by atoms with E-state index in [1.165, 1.54) is 0 Å². The zero-order valence-corrected chi connectivity index (χ0v) is 12.2. The van der Waals surface area contributed by atoms with Crippen LogP contribution in [0.3, 0.4) is 0 Å². The molecule has 0 atom stereocenters. The van der Waals surface area contributed by atoms with Crippen LogP contribution >= 0.6 is 11.3 Å². The van der Waals surface area contributed by atoms with Gasteiger partial charge in [-0.25, -0.2) is 4.98 Å². The highest BCUT2D eigenvalue weighted by Gasteiger charge is 2.11. The van der Waals surface area contributed by atoms with E-state index in [9.17, 15) is 0 Å². The van der Waals surface area contributed by atoms with E-state index in [4.69, 9.17) is 4.74 Å². The van der Waals surface area contributed by atoms with Crippen LogP contribution in [0.5, 0.6) is 5.75 Å². The molecule has 0 aliphatic heterocycles. The standard InChI is InChI=1S/C15H15N3OS/c1-18(10-11-5-3-4-6-13(11)19-2)15-17-12-9-16-8-7-14(12)20-15/h3-9H,10H2,1-2H3. The van der Waals surface area contributed by atoms with Gasteiger partial charge in [0, 0.05) is 25.4 Å². The molecule has 2 aromatic heterocycles.